The number of esters is 1. The van der Waals surface area contributed by atoms with Crippen molar-refractivity contribution in [1.29, 1.82) is 0 Å². The number of methoxy groups -OCH3 is 1. The van der Waals surface area contributed by atoms with Crippen LogP contribution in [-0.4, -0.2) is 50.1 Å². The summed E-state index contributed by atoms with van der Waals surface area (Å²) in [5, 5.41) is 3.74. The molecule has 1 saturated heterocycles. The van der Waals surface area contributed by atoms with Crippen molar-refractivity contribution >= 4 is 33.9 Å². The summed E-state index contributed by atoms with van der Waals surface area (Å²) in [7, 11) is 3.34. The van der Waals surface area contributed by atoms with Crippen LogP contribution in [0.15, 0.2) is 0 Å². The SMILES string of the molecule is COC(=O)c1c(NCC2CCCN2C)sc(C(N)=O)c1N. The van der Waals surface area contributed by atoms with E-state index in [1.165, 1.54) is 7.11 Å². The highest BCUT2D eigenvalue weighted by molar-refractivity contribution is 7.19. The predicted molar refractivity (Wildman–Crippen MR) is 82.7 cm³/mol. The van der Waals surface area contributed by atoms with E-state index >= 15 is 0 Å². The molecule has 0 aromatic carbocycles. The third-order valence-electron chi connectivity index (χ3n) is 3.73. The molecule has 1 fully saturated rings. The van der Waals surface area contributed by atoms with Crippen molar-refractivity contribution < 1.29 is 14.3 Å². The Morgan fingerprint density at radius 1 is 1.52 bits per heavy atom. The van der Waals surface area contributed by atoms with Gasteiger partial charge < -0.3 is 26.4 Å². The first-order chi connectivity index (χ1) is 9.95. The number of nitrogens with one attached hydrogen (secondary N) is 1. The summed E-state index contributed by atoms with van der Waals surface area (Å²) in [5.74, 6) is -1.22. The molecule has 8 heteroatoms. The molecule has 1 atom stereocenters. The van der Waals surface area contributed by atoms with Gasteiger partial charge in [0, 0.05) is 12.6 Å². The second-order valence-corrected chi connectivity index (χ2v) is 6.08. The molecule has 1 aliphatic rings. The van der Waals surface area contributed by atoms with Crippen LogP contribution in [0.3, 0.4) is 0 Å². The van der Waals surface area contributed by atoms with Gasteiger partial charge in [0.25, 0.3) is 5.91 Å². The second-order valence-electron chi connectivity index (χ2n) is 5.06. The maximum absolute atomic E-state index is 11.9. The van der Waals surface area contributed by atoms with Gasteiger partial charge in [-0.15, -0.1) is 11.3 Å². The summed E-state index contributed by atoms with van der Waals surface area (Å²) in [6.07, 6.45) is 2.26. The molecule has 1 aromatic heterocycles. The predicted octanol–water partition coefficient (Wildman–Crippen LogP) is 0.722. The van der Waals surface area contributed by atoms with E-state index in [4.69, 9.17) is 16.2 Å². The fraction of sp³-hybridized carbons (Fsp3) is 0.538. The number of nitrogens with zero attached hydrogens (tertiary/aromatic N) is 1. The van der Waals surface area contributed by atoms with E-state index < -0.39 is 11.9 Å². The number of thiophene rings is 1. The number of primary amides is 1. The first-order valence-electron chi connectivity index (χ1n) is 6.70. The van der Waals surface area contributed by atoms with Crippen molar-refractivity contribution in [3.8, 4) is 0 Å². The molecule has 2 heterocycles. The number of rotatable bonds is 5. The number of amides is 1. The van der Waals surface area contributed by atoms with Crippen molar-refractivity contribution in [2.75, 3.05) is 38.3 Å². The number of anilines is 2. The standard InChI is InChI=1S/C13H20N4O3S/c1-17-5-3-4-7(17)6-16-12-8(13(19)20-2)9(14)10(21-12)11(15)18/h7,16H,3-6,14H2,1-2H3,(H2,15,18). The van der Waals surface area contributed by atoms with Crippen molar-refractivity contribution in [3.05, 3.63) is 10.4 Å². The van der Waals surface area contributed by atoms with Gasteiger partial charge in [0.1, 0.15) is 15.4 Å². The number of nitrogens with two attached hydrogens (primary N) is 2. The zero-order valence-corrected chi connectivity index (χ0v) is 13.0. The van der Waals surface area contributed by atoms with Crippen LogP contribution in [0, 0.1) is 0 Å². The van der Waals surface area contributed by atoms with Crippen LogP contribution in [0.5, 0.6) is 0 Å². The molecule has 2 rings (SSSR count). The molecule has 7 nitrogen and oxygen atoms in total. The van der Waals surface area contributed by atoms with Crippen LogP contribution >= 0.6 is 11.3 Å². The Balaban J connectivity index is 2.22. The summed E-state index contributed by atoms with van der Waals surface area (Å²) >= 11 is 1.09. The van der Waals surface area contributed by atoms with E-state index in [0.717, 1.165) is 30.7 Å². The maximum atomic E-state index is 11.9. The number of hydrogen-bond donors (Lipinski definition) is 3. The van der Waals surface area contributed by atoms with E-state index in [2.05, 4.69) is 17.3 Å². The van der Waals surface area contributed by atoms with E-state index in [-0.39, 0.29) is 16.1 Å². The third-order valence-corrected chi connectivity index (χ3v) is 4.91. The minimum atomic E-state index is -0.645. The highest BCUT2D eigenvalue weighted by Crippen LogP contribution is 2.36. The van der Waals surface area contributed by atoms with Gasteiger partial charge in [0.05, 0.1) is 12.8 Å². The van der Waals surface area contributed by atoms with Gasteiger partial charge in [-0.3, -0.25) is 4.79 Å². The molecule has 1 unspecified atom stereocenters. The maximum Gasteiger partial charge on any atom is 0.343 e. The molecule has 1 amide bonds. The lowest BCUT2D eigenvalue weighted by Crippen LogP contribution is -2.31. The van der Waals surface area contributed by atoms with Crippen LogP contribution in [0.25, 0.3) is 0 Å². The fourth-order valence-electron chi connectivity index (χ4n) is 2.50. The van der Waals surface area contributed by atoms with Crippen LogP contribution in [0.1, 0.15) is 32.9 Å². The van der Waals surface area contributed by atoms with Crippen molar-refractivity contribution in [1.82, 2.24) is 4.90 Å². The van der Waals surface area contributed by atoms with Gasteiger partial charge in [-0.05, 0) is 26.4 Å². The fourth-order valence-corrected chi connectivity index (χ4v) is 3.47. The Kier molecular flexibility index (Phi) is 4.69. The summed E-state index contributed by atoms with van der Waals surface area (Å²) in [6.45, 7) is 1.74. The molecule has 0 aliphatic carbocycles. The molecule has 5 N–H and O–H groups in total. The lowest BCUT2D eigenvalue weighted by Gasteiger charge is -2.20. The smallest absolute Gasteiger partial charge is 0.343 e. The van der Waals surface area contributed by atoms with Crippen LogP contribution in [-0.2, 0) is 4.74 Å². The minimum Gasteiger partial charge on any atom is -0.465 e. The van der Waals surface area contributed by atoms with Gasteiger partial charge in [-0.2, -0.15) is 0 Å². The number of hydrogen-bond acceptors (Lipinski definition) is 7. The molecular formula is C13H20N4O3S. The normalized spacial score (nSPS) is 18.7. The van der Waals surface area contributed by atoms with Crippen LogP contribution < -0.4 is 16.8 Å². The monoisotopic (exact) mass is 312 g/mol. The largest absolute Gasteiger partial charge is 0.465 e. The molecule has 0 spiro atoms. The van der Waals surface area contributed by atoms with Crippen LogP contribution in [0.2, 0.25) is 0 Å². The molecular weight excluding hydrogens is 292 g/mol. The van der Waals surface area contributed by atoms with Crippen molar-refractivity contribution in [2.45, 2.75) is 18.9 Å². The number of carbonyl (C=O) groups excluding carboxylic acids is 2. The zero-order valence-electron chi connectivity index (χ0n) is 12.1. The molecule has 0 bridgehead atoms. The topological polar surface area (TPSA) is 111 Å². The van der Waals surface area contributed by atoms with E-state index in [1.807, 2.05) is 0 Å². The molecule has 0 radical (unpaired) electrons. The number of nitrogen functional groups attached to an aromatic ring is 1. The summed E-state index contributed by atoms with van der Waals surface area (Å²) in [4.78, 5) is 25.7. The van der Waals surface area contributed by atoms with Crippen molar-refractivity contribution in [3.63, 3.8) is 0 Å². The molecule has 116 valence electrons. The zero-order chi connectivity index (χ0) is 15.6. The Hall–Kier alpha value is -1.80. The summed E-state index contributed by atoms with van der Waals surface area (Å²) < 4.78 is 4.73. The first kappa shape index (κ1) is 15.6. The third kappa shape index (κ3) is 3.11. The Morgan fingerprint density at radius 3 is 2.76 bits per heavy atom. The van der Waals surface area contributed by atoms with E-state index in [1.54, 1.807) is 0 Å². The summed E-state index contributed by atoms with van der Waals surface area (Å²) in [6, 6.07) is 0.399. The average molecular weight is 312 g/mol. The van der Waals surface area contributed by atoms with Crippen LogP contribution in [0.4, 0.5) is 10.7 Å². The average Bonchev–Trinajstić information content (AvgIpc) is 2.99. The summed E-state index contributed by atoms with van der Waals surface area (Å²) in [5.41, 5.74) is 11.4. The Labute approximate surface area is 127 Å². The van der Waals surface area contributed by atoms with E-state index in [9.17, 15) is 9.59 Å². The van der Waals surface area contributed by atoms with Crippen molar-refractivity contribution in [2.24, 2.45) is 5.73 Å². The van der Waals surface area contributed by atoms with Gasteiger partial charge >= 0.3 is 5.97 Å². The number of ether oxygens (including phenoxy) is 1. The highest BCUT2D eigenvalue weighted by Gasteiger charge is 2.27. The second kappa shape index (κ2) is 6.31. The Morgan fingerprint density at radius 2 is 2.24 bits per heavy atom. The van der Waals surface area contributed by atoms with Gasteiger partial charge in [-0.25, -0.2) is 4.79 Å². The highest BCUT2D eigenvalue weighted by atomic mass is 32.1. The number of likely N-dealkylation sites (tertiary alicyclic amines) is 1. The lowest BCUT2D eigenvalue weighted by molar-refractivity contribution is 0.0603. The number of likely N-dealkylation sites (N-methyl/N-ethyl adjacent to an activating group) is 1. The van der Waals surface area contributed by atoms with E-state index in [0.29, 0.717) is 17.6 Å². The first-order valence-corrected chi connectivity index (χ1v) is 7.51. The number of carbonyl (C=O) groups is 2. The van der Waals surface area contributed by atoms with Gasteiger partial charge in [0.2, 0.25) is 0 Å². The van der Waals surface area contributed by atoms with Gasteiger partial charge in [0.15, 0.2) is 0 Å². The molecule has 21 heavy (non-hydrogen) atoms. The quantitative estimate of drug-likeness (QED) is 0.691. The minimum absolute atomic E-state index is 0.0848. The molecule has 1 aromatic rings. The van der Waals surface area contributed by atoms with Gasteiger partial charge in [-0.1, -0.05) is 0 Å². The molecule has 0 saturated carbocycles. The Bertz CT molecular complexity index is 558. The molecule has 1 aliphatic heterocycles. The lowest BCUT2D eigenvalue weighted by atomic mass is 10.2.